The molecule has 1 atom stereocenters. The predicted octanol–water partition coefficient (Wildman–Crippen LogP) is 3.06. The number of benzene rings is 1. The second-order valence-electron chi connectivity index (χ2n) is 3.90. The molecule has 0 aromatic heterocycles. The standard InChI is InChI=1S/C12H16O2S/c13-15(12-9-5-2-6-10-12)14-11-7-3-1-4-8-11/h2,5-6,9-11H,1,3-4,7-8H2. The van der Waals surface area contributed by atoms with E-state index in [4.69, 9.17) is 4.18 Å². The van der Waals surface area contributed by atoms with Crippen molar-refractivity contribution in [2.45, 2.75) is 43.1 Å². The second-order valence-corrected chi connectivity index (χ2v) is 5.04. The molecule has 0 saturated heterocycles. The molecule has 0 bridgehead atoms. The normalized spacial score (nSPS) is 20.0. The molecular weight excluding hydrogens is 208 g/mol. The third-order valence-electron chi connectivity index (χ3n) is 2.71. The molecule has 0 aliphatic heterocycles. The van der Waals surface area contributed by atoms with Gasteiger partial charge in [0.25, 0.3) is 0 Å². The SMILES string of the molecule is O=S(OC1CCCCC1)c1ccccc1. The fraction of sp³-hybridized carbons (Fsp3) is 0.500. The van der Waals surface area contributed by atoms with Gasteiger partial charge in [-0.2, -0.15) is 0 Å². The minimum atomic E-state index is -1.28. The van der Waals surface area contributed by atoms with Crippen LogP contribution in [0.1, 0.15) is 32.1 Å². The van der Waals surface area contributed by atoms with Crippen molar-refractivity contribution in [3.63, 3.8) is 0 Å². The van der Waals surface area contributed by atoms with Gasteiger partial charge in [0.15, 0.2) is 11.1 Å². The predicted molar refractivity (Wildman–Crippen MR) is 60.8 cm³/mol. The van der Waals surface area contributed by atoms with Crippen molar-refractivity contribution in [2.75, 3.05) is 0 Å². The van der Waals surface area contributed by atoms with E-state index >= 15 is 0 Å². The zero-order valence-corrected chi connectivity index (χ0v) is 9.54. The highest BCUT2D eigenvalue weighted by atomic mass is 32.2. The van der Waals surface area contributed by atoms with Crippen LogP contribution in [0, 0.1) is 0 Å². The third-order valence-corrected chi connectivity index (χ3v) is 3.82. The highest BCUT2D eigenvalue weighted by Gasteiger charge is 2.17. The van der Waals surface area contributed by atoms with Crippen LogP contribution in [0.2, 0.25) is 0 Å². The highest BCUT2D eigenvalue weighted by molar-refractivity contribution is 7.80. The molecule has 82 valence electrons. The number of hydrogen-bond donors (Lipinski definition) is 0. The topological polar surface area (TPSA) is 26.3 Å². The Bertz CT molecular complexity index is 318. The average Bonchev–Trinajstić information content (AvgIpc) is 2.31. The molecule has 0 N–H and O–H groups in total. The summed E-state index contributed by atoms with van der Waals surface area (Å²) in [5, 5.41) is 0. The Balaban J connectivity index is 1.91. The van der Waals surface area contributed by atoms with Gasteiger partial charge in [0.2, 0.25) is 0 Å². The zero-order valence-electron chi connectivity index (χ0n) is 8.72. The van der Waals surface area contributed by atoms with E-state index < -0.39 is 11.1 Å². The largest absolute Gasteiger partial charge is 0.283 e. The van der Waals surface area contributed by atoms with Gasteiger partial charge < -0.3 is 0 Å². The van der Waals surface area contributed by atoms with Crippen molar-refractivity contribution < 1.29 is 8.39 Å². The average molecular weight is 224 g/mol. The summed E-state index contributed by atoms with van der Waals surface area (Å²) in [7, 11) is 0. The zero-order chi connectivity index (χ0) is 10.5. The first-order chi connectivity index (χ1) is 7.36. The van der Waals surface area contributed by atoms with Gasteiger partial charge in [-0.05, 0) is 25.0 Å². The summed E-state index contributed by atoms with van der Waals surface area (Å²) >= 11 is -1.28. The Morgan fingerprint density at radius 3 is 2.40 bits per heavy atom. The van der Waals surface area contributed by atoms with E-state index in [-0.39, 0.29) is 6.10 Å². The summed E-state index contributed by atoms with van der Waals surface area (Å²) in [5.41, 5.74) is 0. The Morgan fingerprint density at radius 1 is 1.07 bits per heavy atom. The molecule has 1 aromatic rings. The van der Waals surface area contributed by atoms with Crippen LogP contribution in [-0.2, 0) is 15.3 Å². The van der Waals surface area contributed by atoms with Gasteiger partial charge in [-0.15, -0.1) is 0 Å². The Labute approximate surface area is 93.3 Å². The van der Waals surface area contributed by atoms with Gasteiger partial charge in [-0.3, -0.25) is 4.18 Å². The summed E-state index contributed by atoms with van der Waals surface area (Å²) in [5.74, 6) is 0. The van der Waals surface area contributed by atoms with Gasteiger partial charge in [0.05, 0.1) is 11.0 Å². The lowest BCUT2D eigenvalue weighted by Gasteiger charge is -2.20. The Morgan fingerprint density at radius 2 is 1.73 bits per heavy atom. The molecule has 1 fully saturated rings. The van der Waals surface area contributed by atoms with Crippen LogP contribution in [-0.4, -0.2) is 10.3 Å². The lowest BCUT2D eigenvalue weighted by molar-refractivity contribution is 0.174. The van der Waals surface area contributed by atoms with Crippen molar-refractivity contribution in [1.82, 2.24) is 0 Å². The van der Waals surface area contributed by atoms with E-state index in [1.165, 1.54) is 19.3 Å². The minimum absolute atomic E-state index is 0.194. The first-order valence-corrected chi connectivity index (χ1v) is 6.58. The van der Waals surface area contributed by atoms with Gasteiger partial charge in [0.1, 0.15) is 0 Å². The third kappa shape index (κ3) is 3.14. The lowest BCUT2D eigenvalue weighted by atomic mass is 9.98. The van der Waals surface area contributed by atoms with E-state index in [0.29, 0.717) is 0 Å². The summed E-state index contributed by atoms with van der Waals surface area (Å²) in [6.07, 6.45) is 6.00. The van der Waals surface area contributed by atoms with Crippen molar-refractivity contribution in [1.29, 1.82) is 0 Å². The van der Waals surface area contributed by atoms with Crippen LogP contribution in [0.25, 0.3) is 0 Å². The smallest absolute Gasteiger partial charge is 0.189 e. The van der Waals surface area contributed by atoms with Crippen LogP contribution < -0.4 is 0 Å². The van der Waals surface area contributed by atoms with Gasteiger partial charge >= 0.3 is 0 Å². The first-order valence-electron chi connectivity index (χ1n) is 5.50. The molecule has 15 heavy (non-hydrogen) atoms. The van der Waals surface area contributed by atoms with E-state index in [1.807, 2.05) is 30.3 Å². The van der Waals surface area contributed by atoms with Crippen molar-refractivity contribution in [2.24, 2.45) is 0 Å². The van der Waals surface area contributed by atoms with Crippen LogP contribution >= 0.6 is 0 Å². The van der Waals surface area contributed by atoms with Crippen LogP contribution in [0.3, 0.4) is 0 Å². The molecule has 1 aliphatic carbocycles. The van der Waals surface area contributed by atoms with E-state index in [9.17, 15) is 4.21 Å². The Hall–Kier alpha value is -0.670. The summed E-state index contributed by atoms with van der Waals surface area (Å²) in [6, 6.07) is 9.38. The van der Waals surface area contributed by atoms with E-state index in [0.717, 1.165) is 17.7 Å². The monoisotopic (exact) mass is 224 g/mol. The molecule has 1 saturated carbocycles. The molecule has 1 unspecified atom stereocenters. The van der Waals surface area contributed by atoms with Gasteiger partial charge in [0, 0.05) is 0 Å². The number of rotatable bonds is 3. The molecule has 0 spiro atoms. The molecule has 0 heterocycles. The van der Waals surface area contributed by atoms with Crippen LogP contribution in [0.5, 0.6) is 0 Å². The lowest BCUT2D eigenvalue weighted by Crippen LogP contribution is -2.17. The maximum absolute atomic E-state index is 11.8. The van der Waals surface area contributed by atoms with Crippen LogP contribution in [0.15, 0.2) is 35.2 Å². The summed E-state index contributed by atoms with van der Waals surface area (Å²) in [6.45, 7) is 0. The van der Waals surface area contributed by atoms with Gasteiger partial charge in [-0.25, -0.2) is 4.21 Å². The highest BCUT2D eigenvalue weighted by Crippen LogP contribution is 2.22. The van der Waals surface area contributed by atoms with Crippen molar-refractivity contribution in [3.05, 3.63) is 30.3 Å². The van der Waals surface area contributed by atoms with Crippen LogP contribution in [0.4, 0.5) is 0 Å². The number of hydrogen-bond acceptors (Lipinski definition) is 2. The molecule has 3 heteroatoms. The second kappa shape index (κ2) is 5.42. The maximum Gasteiger partial charge on any atom is 0.189 e. The Kier molecular flexibility index (Phi) is 3.92. The van der Waals surface area contributed by atoms with E-state index in [2.05, 4.69) is 0 Å². The molecule has 0 amide bonds. The van der Waals surface area contributed by atoms with Crippen molar-refractivity contribution >= 4 is 11.1 Å². The first kappa shape index (κ1) is 10.8. The fourth-order valence-corrected chi connectivity index (χ4v) is 2.80. The quantitative estimate of drug-likeness (QED) is 0.788. The fourth-order valence-electron chi connectivity index (χ4n) is 1.87. The van der Waals surface area contributed by atoms with E-state index in [1.54, 1.807) is 0 Å². The molecule has 1 aromatic carbocycles. The summed E-state index contributed by atoms with van der Waals surface area (Å²) < 4.78 is 17.4. The molecular formula is C12H16O2S. The molecule has 2 rings (SSSR count). The molecule has 0 radical (unpaired) electrons. The van der Waals surface area contributed by atoms with Crippen molar-refractivity contribution in [3.8, 4) is 0 Å². The maximum atomic E-state index is 11.8. The molecule has 2 nitrogen and oxygen atoms in total. The molecule has 1 aliphatic rings. The minimum Gasteiger partial charge on any atom is -0.283 e. The summed E-state index contributed by atoms with van der Waals surface area (Å²) in [4.78, 5) is 0.767. The van der Waals surface area contributed by atoms with Gasteiger partial charge in [-0.1, -0.05) is 37.5 Å².